The summed E-state index contributed by atoms with van der Waals surface area (Å²) in [7, 11) is 3.00. The van der Waals surface area contributed by atoms with Crippen LogP contribution in [0.5, 0.6) is 17.2 Å². The first-order chi connectivity index (χ1) is 13.2. The second-order valence-electron chi connectivity index (χ2n) is 5.90. The third kappa shape index (κ3) is 4.58. The molecule has 0 fully saturated rings. The lowest BCUT2D eigenvalue weighted by Gasteiger charge is -2.19. The van der Waals surface area contributed by atoms with E-state index in [0.29, 0.717) is 18.0 Å². The van der Waals surface area contributed by atoms with Gasteiger partial charge in [-0.05, 0) is 29.8 Å². The van der Waals surface area contributed by atoms with Crippen LogP contribution in [0.2, 0.25) is 0 Å². The lowest BCUT2D eigenvalue weighted by atomic mass is 10.2. The number of para-hydroxylation sites is 1. The molecule has 3 aromatic rings. The third-order valence-corrected chi connectivity index (χ3v) is 4.08. The number of phenols is 1. The number of phenolic OH excluding ortho intramolecular Hbond substituents is 1. The van der Waals surface area contributed by atoms with Gasteiger partial charge < -0.3 is 14.6 Å². The number of hydrogen-bond acceptors (Lipinski definition) is 5. The quantitative estimate of drug-likeness (QED) is 0.498. The smallest absolute Gasteiger partial charge is 0.200 e. The fourth-order valence-electron chi connectivity index (χ4n) is 2.68. The molecule has 5 heteroatoms. The molecule has 0 heterocycles. The van der Waals surface area contributed by atoms with Crippen LogP contribution < -0.4 is 14.5 Å². The van der Waals surface area contributed by atoms with Crippen molar-refractivity contribution < 1.29 is 14.6 Å². The van der Waals surface area contributed by atoms with E-state index in [1.807, 2.05) is 53.5 Å². The number of benzene rings is 3. The van der Waals surface area contributed by atoms with E-state index in [0.717, 1.165) is 16.8 Å². The Balaban J connectivity index is 1.92. The molecule has 3 aromatic carbocycles. The maximum absolute atomic E-state index is 10.1. The van der Waals surface area contributed by atoms with Gasteiger partial charge in [0, 0.05) is 5.56 Å². The Morgan fingerprint density at radius 2 is 1.44 bits per heavy atom. The van der Waals surface area contributed by atoms with Gasteiger partial charge in [0.15, 0.2) is 11.5 Å². The second-order valence-corrected chi connectivity index (χ2v) is 5.90. The zero-order valence-electron chi connectivity index (χ0n) is 15.4. The molecule has 0 spiro atoms. The molecule has 0 aliphatic carbocycles. The molecule has 27 heavy (non-hydrogen) atoms. The van der Waals surface area contributed by atoms with E-state index in [2.05, 4.69) is 17.2 Å². The number of nitrogens with zero attached hydrogens (tertiary/aromatic N) is 2. The summed E-state index contributed by atoms with van der Waals surface area (Å²) in [5.41, 5.74) is 2.89. The van der Waals surface area contributed by atoms with Crippen molar-refractivity contribution >= 4 is 11.9 Å². The van der Waals surface area contributed by atoms with Crippen LogP contribution in [-0.4, -0.2) is 25.5 Å². The minimum absolute atomic E-state index is 0.0265. The highest BCUT2D eigenvalue weighted by atomic mass is 16.5. The molecule has 3 rings (SSSR count). The van der Waals surface area contributed by atoms with Crippen LogP contribution in [0.25, 0.3) is 0 Å². The summed E-state index contributed by atoms with van der Waals surface area (Å²) in [5.74, 6) is 0.650. The predicted octanol–water partition coefficient (Wildman–Crippen LogP) is 4.45. The molecular formula is C22H22N2O3. The number of rotatable bonds is 7. The first-order valence-corrected chi connectivity index (χ1v) is 8.56. The summed E-state index contributed by atoms with van der Waals surface area (Å²) in [6.07, 6.45) is 1.72. The van der Waals surface area contributed by atoms with Gasteiger partial charge in [-0.2, -0.15) is 5.10 Å². The van der Waals surface area contributed by atoms with Crippen molar-refractivity contribution in [2.75, 3.05) is 19.2 Å². The Bertz CT molecular complexity index is 871. The van der Waals surface area contributed by atoms with Gasteiger partial charge in [0.05, 0.1) is 32.7 Å². The Morgan fingerprint density at radius 3 is 2.00 bits per heavy atom. The number of hydrogen-bond donors (Lipinski definition) is 1. The normalized spacial score (nSPS) is 10.7. The van der Waals surface area contributed by atoms with E-state index in [9.17, 15) is 5.11 Å². The zero-order valence-corrected chi connectivity index (χ0v) is 15.4. The number of anilines is 1. The first kappa shape index (κ1) is 18.3. The number of ether oxygens (including phenoxy) is 2. The summed E-state index contributed by atoms with van der Waals surface area (Å²) in [5, 5.41) is 16.6. The highest BCUT2D eigenvalue weighted by Gasteiger charge is 2.11. The monoisotopic (exact) mass is 362 g/mol. The molecule has 0 saturated heterocycles. The maximum Gasteiger partial charge on any atom is 0.200 e. The SMILES string of the molecule is COc1cc(/C=N/N(Cc2ccccc2)c2ccccc2)cc(OC)c1O. The molecule has 0 bridgehead atoms. The van der Waals surface area contributed by atoms with Gasteiger partial charge in [-0.25, -0.2) is 0 Å². The molecule has 0 radical (unpaired) electrons. The van der Waals surface area contributed by atoms with Crippen molar-refractivity contribution in [2.24, 2.45) is 5.10 Å². The van der Waals surface area contributed by atoms with Crippen LogP contribution in [-0.2, 0) is 6.54 Å². The lowest BCUT2D eigenvalue weighted by Crippen LogP contribution is -2.16. The van der Waals surface area contributed by atoms with Crippen LogP contribution in [0.15, 0.2) is 77.9 Å². The minimum Gasteiger partial charge on any atom is -0.502 e. The van der Waals surface area contributed by atoms with Crippen LogP contribution in [0, 0.1) is 0 Å². The van der Waals surface area contributed by atoms with Crippen molar-refractivity contribution in [3.63, 3.8) is 0 Å². The number of aromatic hydroxyl groups is 1. The van der Waals surface area contributed by atoms with Crippen LogP contribution >= 0.6 is 0 Å². The highest BCUT2D eigenvalue weighted by molar-refractivity contribution is 5.83. The topological polar surface area (TPSA) is 54.3 Å². The van der Waals surface area contributed by atoms with Crippen molar-refractivity contribution in [1.29, 1.82) is 0 Å². The van der Waals surface area contributed by atoms with Crippen molar-refractivity contribution in [3.8, 4) is 17.2 Å². The standard InChI is InChI=1S/C22H22N2O3/c1-26-20-13-18(14-21(27-2)22(20)25)15-23-24(19-11-7-4-8-12-19)16-17-9-5-3-6-10-17/h3-15,25H,16H2,1-2H3/b23-15+. The molecule has 0 aromatic heterocycles. The molecule has 0 saturated carbocycles. The summed E-state index contributed by atoms with van der Waals surface area (Å²) >= 11 is 0. The summed E-state index contributed by atoms with van der Waals surface area (Å²) in [6, 6.07) is 23.5. The second kappa shape index (κ2) is 8.76. The van der Waals surface area contributed by atoms with Crippen LogP contribution in [0.1, 0.15) is 11.1 Å². The maximum atomic E-state index is 10.1. The van der Waals surface area contributed by atoms with Gasteiger partial charge in [0.2, 0.25) is 5.75 Å². The van der Waals surface area contributed by atoms with Crippen molar-refractivity contribution in [2.45, 2.75) is 6.54 Å². The van der Waals surface area contributed by atoms with Crippen LogP contribution in [0.3, 0.4) is 0 Å². The first-order valence-electron chi connectivity index (χ1n) is 8.56. The third-order valence-electron chi connectivity index (χ3n) is 4.08. The fourth-order valence-corrected chi connectivity index (χ4v) is 2.68. The summed E-state index contributed by atoms with van der Waals surface area (Å²) < 4.78 is 10.4. The van der Waals surface area contributed by atoms with E-state index >= 15 is 0 Å². The van der Waals surface area contributed by atoms with E-state index in [-0.39, 0.29) is 5.75 Å². The van der Waals surface area contributed by atoms with Crippen molar-refractivity contribution in [3.05, 3.63) is 83.9 Å². The van der Waals surface area contributed by atoms with Crippen LogP contribution in [0.4, 0.5) is 5.69 Å². The molecule has 0 atom stereocenters. The molecule has 0 aliphatic rings. The molecule has 138 valence electrons. The number of methoxy groups -OCH3 is 2. The molecule has 0 unspecified atom stereocenters. The van der Waals surface area contributed by atoms with Gasteiger partial charge in [0.1, 0.15) is 0 Å². The summed E-state index contributed by atoms with van der Waals surface area (Å²) in [6.45, 7) is 0.633. The molecular weight excluding hydrogens is 340 g/mol. The Labute approximate surface area is 159 Å². The summed E-state index contributed by atoms with van der Waals surface area (Å²) in [4.78, 5) is 0. The average molecular weight is 362 g/mol. The van der Waals surface area contributed by atoms with Gasteiger partial charge in [-0.15, -0.1) is 0 Å². The van der Waals surface area contributed by atoms with E-state index in [4.69, 9.17) is 9.47 Å². The minimum atomic E-state index is -0.0265. The fraction of sp³-hybridized carbons (Fsp3) is 0.136. The Kier molecular flexibility index (Phi) is 5.94. The molecule has 0 amide bonds. The molecule has 1 N–H and O–H groups in total. The number of hydrazone groups is 1. The predicted molar refractivity (Wildman–Crippen MR) is 108 cm³/mol. The van der Waals surface area contributed by atoms with Crippen molar-refractivity contribution in [1.82, 2.24) is 0 Å². The zero-order chi connectivity index (χ0) is 19.1. The van der Waals surface area contributed by atoms with E-state index in [1.165, 1.54) is 14.2 Å². The Hall–Kier alpha value is -3.47. The van der Waals surface area contributed by atoms with Gasteiger partial charge >= 0.3 is 0 Å². The average Bonchev–Trinajstić information content (AvgIpc) is 2.73. The highest BCUT2D eigenvalue weighted by Crippen LogP contribution is 2.36. The van der Waals surface area contributed by atoms with Gasteiger partial charge in [-0.1, -0.05) is 48.5 Å². The lowest BCUT2D eigenvalue weighted by molar-refractivity contribution is 0.340. The molecule has 5 nitrogen and oxygen atoms in total. The largest absolute Gasteiger partial charge is 0.502 e. The Morgan fingerprint density at radius 1 is 0.889 bits per heavy atom. The van der Waals surface area contributed by atoms with E-state index in [1.54, 1.807) is 18.3 Å². The van der Waals surface area contributed by atoms with E-state index < -0.39 is 0 Å². The van der Waals surface area contributed by atoms with Gasteiger partial charge in [-0.3, -0.25) is 5.01 Å². The molecule has 0 aliphatic heterocycles. The van der Waals surface area contributed by atoms with Gasteiger partial charge in [0.25, 0.3) is 0 Å².